The molecule has 1 aliphatic heterocycles. The molecule has 0 amide bonds. The van der Waals surface area contributed by atoms with Crippen molar-refractivity contribution in [1.82, 2.24) is 29.5 Å². The van der Waals surface area contributed by atoms with Gasteiger partial charge in [0, 0.05) is 46.3 Å². The fourth-order valence-corrected chi connectivity index (χ4v) is 4.68. The molecule has 0 radical (unpaired) electrons. The van der Waals surface area contributed by atoms with Gasteiger partial charge in [0.15, 0.2) is 5.82 Å². The monoisotopic (exact) mass is 487 g/mol. The number of hydrogen-bond donors (Lipinski definition) is 2. The van der Waals surface area contributed by atoms with E-state index in [0.29, 0.717) is 23.9 Å². The van der Waals surface area contributed by atoms with E-state index in [9.17, 15) is 5.11 Å². The number of fused-ring (bicyclic) bond motifs is 1. The second-order valence-corrected chi connectivity index (χ2v) is 9.08. The average molecular weight is 488 g/mol. The molecule has 1 fully saturated rings. The van der Waals surface area contributed by atoms with E-state index in [1.807, 2.05) is 29.9 Å². The number of aliphatic hydroxyl groups excluding tert-OH is 1. The first-order chi connectivity index (χ1) is 16.5. The average Bonchev–Trinajstić information content (AvgIpc) is 3.14. The van der Waals surface area contributed by atoms with Gasteiger partial charge in [0.25, 0.3) is 0 Å². The van der Waals surface area contributed by atoms with Crippen molar-refractivity contribution in [3.05, 3.63) is 40.3 Å². The van der Waals surface area contributed by atoms with Crippen molar-refractivity contribution in [2.45, 2.75) is 32.9 Å². The zero-order valence-corrected chi connectivity index (χ0v) is 21.0. The molecule has 4 rings (SSSR count). The summed E-state index contributed by atoms with van der Waals surface area (Å²) in [5.74, 6) is 2.24. The number of nitrogens with zero attached hydrogens (tertiary/aromatic N) is 6. The van der Waals surface area contributed by atoms with Crippen LogP contribution in [0.1, 0.15) is 30.4 Å². The van der Waals surface area contributed by atoms with E-state index < -0.39 is 0 Å². The number of ether oxygens (including phenoxy) is 1. The molecular formula is C24H34ClN7O2. The number of nitrogens with one attached hydrogen (secondary N) is 1. The number of hydrogen-bond acceptors (Lipinski definition) is 8. The second kappa shape index (κ2) is 11.3. The highest BCUT2D eigenvalue weighted by Gasteiger charge is 2.21. The SMILES string of the molecule is CCCc1nn(C)c2c(NCc3ccc(OC)c(Cl)c3)nc(CN3CCN(CCO)CC3)nc12. The molecule has 1 aliphatic rings. The minimum atomic E-state index is 0.204. The maximum Gasteiger partial charge on any atom is 0.156 e. The van der Waals surface area contributed by atoms with Crippen LogP contribution in [-0.4, -0.2) is 81.1 Å². The van der Waals surface area contributed by atoms with Gasteiger partial charge in [-0.2, -0.15) is 5.10 Å². The van der Waals surface area contributed by atoms with Crippen molar-refractivity contribution < 1.29 is 9.84 Å². The van der Waals surface area contributed by atoms with Gasteiger partial charge in [-0.1, -0.05) is 31.0 Å². The Labute approximate surface area is 205 Å². The first-order valence-electron chi connectivity index (χ1n) is 11.9. The lowest BCUT2D eigenvalue weighted by atomic mass is 10.2. The minimum Gasteiger partial charge on any atom is -0.495 e. The third-order valence-electron chi connectivity index (χ3n) is 6.21. The Morgan fingerprint density at radius 3 is 2.59 bits per heavy atom. The van der Waals surface area contributed by atoms with Crippen molar-refractivity contribution >= 4 is 28.5 Å². The first-order valence-corrected chi connectivity index (χ1v) is 12.2. The van der Waals surface area contributed by atoms with Crippen LogP contribution in [0.4, 0.5) is 5.82 Å². The van der Waals surface area contributed by atoms with Crippen LogP contribution in [0, 0.1) is 0 Å². The van der Waals surface area contributed by atoms with Crippen LogP contribution in [0.2, 0.25) is 5.02 Å². The summed E-state index contributed by atoms with van der Waals surface area (Å²) in [6.07, 6.45) is 1.88. The minimum absolute atomic E-state index is 0.204. The molecule has 1 aromatic carbocycles. The highest BCUT2D eigenvalue weighted by Crippen LogP contribution is 2.27. The summed E-state index contributed by atoms with van der Waals surface area (Å²) in [6, 6.07) is 5.78. The van der Waals surface area contributed by atoms with E-state index >= 15 is 0 Å². The van der Waals surface area contributed by atoms with Crippen LogP contribution < -0.4 is 10.1 Å². The molecule has 0 atom stereocenters. The summed E-state index contributed by atoms with van der Waals surface area (Å²) >= 11 is 6.32. The van der Waals surface area contributed by atoms with Crippen LogP contribution >= 0.6 is 11.6 Å². The number of aryl methyl sites for hydroxylation is 2. The first kappa shape index (κ1) is 24.7. The van der Waals surface area contributed by atoms with Crippen molar-refractivity contribution in [1.29, 1.82) is 0 Å². The van der Waals surface area contributed by atoms with E-state index in [2.05, 4.69) is 22.0 Å². The number of aliphatic hydroxyl groups is 1. The third-order valence-corrected chi connectivity index (χ3v) is 6.50. The summed E-state index contributed by atoms with van der Waals surface area (Å²) in [5.41, 5.74) is 3.88. The van der Waals surface area contributed by atoms with Gasteiger partial charge in [-0.05, 0) is 24.1 Å². The molecular weight excluding hydrogens is 454 g/mol. The van der Waals surface area contributed by atoms with Gasteiger partial charge in [-0.3, -0.25) is 14.5 Å². The Hall–Kier alpha value is -2.46. The van der Waals surface area contributed by atoms with Gasteiger partial charge < -0.3 is 15.2 Å². The van der Waals surface area contributed by atoms with E-state index in [1.165, 1.54) is 0 Å². The van der Waals surface area contributed by atoms with Crippen LogP contribution in [0.5, 0.6) is 5.75 Å². The predicted octanol–water partition coefficient (Wildman–Crippen LogP) is 2.70. The van der Waals surface area contributed by atoms with Crippen LogP contribution in [-0.2, 0) is 26.6 Å². The number of halogens is 1. The molecule has 0 spiro atoms. The Kier molecular flexibility index (Phi) is 8.20. The highest BCUT2D eigenvalue weighted by atomic mass is 35.5. The molecule has 2 aromatic heterocycles. The second-order valence-electron chi connectivity index (χ2n) is 8.67. The Bertz CT molecular complexity index is 1110. The molecule has 2 N–H and O–H groups in total. The van der Waals surface area contributed by atoms with Gasteiger partial charge >= 0.3 is 0 Å². The number of benzene rings is 1. The third kappa shape index (κ3) is 5.60. The number of β-amino-alcohol motifs (C(OH)–C–C–N with tert-alkyl or cyclic N) is 1. The fraction of sp³-hybridized carbons (Fsp3) is 0.542. The van der Waals surface area contributed by atoms with Crippen molar-refractivity contribution in [2.75, 3.05) is 51.8 Å². The Balaban J connectivity index is 1.58. The summed E-state index contributed by atoms with van der Waals surface area (Å²) < 4.78 is 7.14. The highest BCUT2D eigenvalue weighted by molar-refractivity contribution is 6.32. The quantitative estimate of drug-likeness (QED) is 0.451. The standard InChI is InChI=1S/C24H34ClN7O2/c1-4-5-19-22-23(30(2)29-19)24(26-15-17-6-7-20(34-3)18(25)14-17)28-21(27-22)16-32-10-8-31(9-11-32)12-13-33/h6-7,14,33H,4-5,8-13,15-16H2,1-3H3,(H,26,27,28). The lowest BCUT2D eigenvalue weighted by molar-refractivity contribution is 0.107. The van der Waals surface area contributed by atoms with Crippen LogP contribution in [0.25, 0.3) is 11.0 Å². The Morgan fingerprint density at radius 1 is 1.15 bits per heavy atom. The predicted molar refractivity (Wildman–Crippen MR) is 134 cm³/mol. The Morgan fingerprint density at radius 2 is 1.91 bits per heavy atom. The summed E-state index contributed by atoms with van der Waals surface area (Å²) in [5, 5.41) is 18.0. The van der Waals surface area contributed by atoms with Gasteiger partial charge in [0.1, 0.15) is 22.6 Å². The number of piperazine rings is 1. The molecule has 0 bridgehead atoms. The molecule has 184 valence electrons. The van der Waals surface area contributed by atoms with Crippen molar-refractivity contribution in [3.8, 4) is 5.75 Å². The molecule has 10 heteroatoms. The molecule has 0 unspecified atom stereocenters. The van der Waals surface area contributed by atoms with Gasteiger partial charge in [0.05, 0.1) is 31.0 Å². The van der Waals surface area contributed by atoms with Crippen LogP contribution in [0.15, 0.2) is 18.2 Å². The lowest BCUT2D eigenvalue weighted by Crippen LogP contribution is -2.46. The zero-order chi connectivity index (χ0) is 24.1. The van der Waals surface area contributed by atoms with E-state index in [4.69, 9.17) is 31.4 Å². The van der Waals surface area contributed by atoms with Crippen LogP contribution in [0.3, 0.4) is 0 Å². The molecule has 0 aliphatic carbocycles. The van der Waals surface area contributed by atoms with Crippen molar-refractivity contribution in [2.24, 2.45) is 7.05 Å². The summed E-state index contributed by atoms with van der Waals surface area (Å²) in [4.78, 5) is 14.5. The molecule has 3 heterocycles. The lowest BCUT2D eigenvalue weighted by Gasteiger charge is -2.33. The summed E-state index contributed by atoms with van der Waals surface area (Å²) in [6.45, 7) is 8.11. The summed E-state index contributed by atoms with van der Waals surface area (Å²) in [7, 11) is 3.56. The van der Waals surface area contributed by atoms with E-state index in [0.717, 1.165) is 79.5 Å². The molecule has 3 aromatic rings. The topological polar surface area (TPSA) is 91.6 Å². The molecule has 9 nitrogen and oxygen atoms in total. The van der Waals surface area contributed by atoms with Crippen molar-refractivity contribution in [3.63, 3.8) is 0 Å². The van der Waals surface area contributed by atoms with E-state index in [-0.39, 0.29) is 6.61 Å². The fourth-order valence-electron chi connectivity index (χ4n) is 4.40. The largest absolute Gasteiger partial charge is 0.495 e. The molecule has 34 heavy (non-hydrogen) atoms. The number of rotatable bonds is 10. The molecule has 1 saturated heterocycles. The molecule has 0 saturated carbocycles. The smallest absolute Gasteiger partial charge is 0.156 e. The number of aromatic nitrogens is 4. The maximum atomic E-state index is 9.19. The van der Waals surface area contributed by atoms with Gasteiger partial charge in [0.2, 0.25) is 0 Å². The normalized spacial score (nSPS) is 15.2. The zero-order valence-electron chi connectivity index (χ0n) is 20.2. The maximum absolute atomic E-state index is 9.19. The number of anilines is 1. The van der Waals surface area contributed by atoms with Gasteiger partial charge in [-0.15, -0.1) is 0 Å². The van der Waals surface area contributed by atoms with E-state index in [1.54, 1.807) is 7.11 Å². The number of methoxy groups -OCH3 is 1. The van der Waals surface area contributed by atoms with Gasteiger partial charge in [-0.25, -0.2) is 9.97 Å².